The molecule has 92 valence electrons. The first-order valence-corrected chi connectivity index (χ1v) is 5.56. The lowest BCUT2D eigenvalue weighted by Gasteiger charge is -2.22. The first-order chi connectivity index (χ1) is 8.15. The first-order valence-electron chi connectivity index (χ1n) is 5.56. The van der Waals surface area contributed by atoms with Gasteiger partial charge in [0.15, 0.2) is 0 Å². The Balaban J connectivity index is 1.93. The van der Waals surface area contributed by atoms with Crippen molar-refractivity contribution in [3.63, 3.8) is 0 Å². The highest BCUT2D eigenvalue weighted by Gasteiger charge is 2.15. The molecule has 1 aliphatic heterocycles. The number of fused-ring (bicyclic) bond motifs is 1. The average molecular weight is 237 g/mol. The van der Waals surface area contributed by atoms with Crippen LogP contribution in [0.5, 0.6) is 5.75 Å². The van der Waals surface area contributed by atoms with E-state index < -0.39 is 0 Å². The van der Waals surface area contributed by atoms with Gasteiger partial charge in [0.25, 0.3) is 0 Å². The van der Waals surface area contributed by atoms with Crippen LogP contribution >= 0.6 is 0 Å². The SMILES string of the molecule is CN(C)CCOC1C=Cc2cc(F)ccc2O1. The van der Waals surface area contributed by atoms with Crippen LogP contribution in [-0.2, 0) is 4.74 Å². The number of nitrogens with zero attached hydrogens (tertiary/aromatic N) is 1. The van der Waals surface area contributed by atoms with E-state index in [2.05, 4.69) is 0 Å². The Bertz CT molecular complexity index is 418. The lowest BCUT2D eigenvalue weighted by molar-refractivity contribution is -0.0506. The fourth-order valence-corrected chi connectivity index (χ4v) is 1.54. The van der Waals surface area contributed by atoms with Crippen LogP contribution in [0.25, 0.3) is 6.08 Å². The molecule has 0 saturated heterocycles. The molecule has 2 rings (SSSR count). The molecule has 0 saturated carbocycles. The van der Waals surface area contributed by atoms with Crippen LogP contribution in [0, 0.1) is 5.82 Å². The van der Waals surface area contributed by atoms with Gasteiger partial charge in [-0.15, -0.1) is 0 Å². The normalized spacial score (nSPS) is 18.0. The molecule has 1 aliphatic rings. The largest absolute Gasteiger partial charge is 0.461 e. The maximum Gasteiger partial charge on any atom is 0.220 e. The fraction of sp³-hybridized carbons (Fsp3) is 0.385. The van der Waals surface area contributed by atoms with E-state index in [1.54, 1.807) is 12.1 Å². The lowest BCUT2D eigenvalue weighted by atomic mass is 10.1. The lowest BCUT2D eigenvalue weighted by Crippen LogP contribution is -2.26. The summed E-state index contributed by atoms with van der Waals surface area (Å²) in [4.78, 5) is 2.04. The second-order valence-corrected chi connectivity index (χ2v) is 4.20. The molecule has 17 heavy (non-hydrogen) atoms. The molecule has 0 amide bonds. The summed E-state index contributed by atoms with van der Waals surface area (Å²) in [5.74, 6) is 0.396. The second kappa shape index (κ2) is 5.29. The number of halogens is 1. The predicted octanol–water partition coefficient (Wildman–Crippen LogP) is 2.14. The molecule has 0 radical (unpaired) electrons. The van der Waals surface area contributed by atoms with Crippen LogP contribution < -0.4 is 4.74 Å². The van der Waals surface area contributed by atoms with Gasteiger partial charge in [-0.3, -0.25) is 0 Å². The molecule has 0 spiro atoms. The fourth-order valence-electron chi connectivity index (χ4n) is 1.54. The van der Waals surface area contributed by atoms with Crippen LogP contribution in [-0.4, -0.2) is 38.4 Å². The highest BCUT2D eigenvalue weighted by Crippen LogP contribution is 2.26. The first kappa shape index (κ1) is 12.1. The summed E-state index contributed by atoms with van der Waals surface area (Å²) in [6.07, 6.45) is 3.23. The van der Waals surface area contributed by atoms with Gasteiger partial charge >= 0.3 is 0 Å². The van der Waals surface area contributed by atoms with Gasteiger partial charge in [-0.25, -0.2) is 4.39 Å². The number of benzene rings is 1. The Hall–Kier alpha value is -1.39. The standard InChI is InChI=1S/C13H16FNO2/c1-15(2)7-8-16-13-6-3-10-9-11(14)4-5-12(10)17-13/h3-6,9,13H,7-8H2,1-2H3. The van der Waals surface area contributed by atoms with Crippen molar-refractivity contribution in [2.45, 2.75) is 6.29 Å². The van der Waals surface area contributed by atoms with Crippen LogP contribution in [0.3, 0.4) is 0 Å². The number of rotatable bonds is 4. The zero-order valence-electron chi connectivity index (χ0n) is 10.0. The number of hydrogen-bond donors (Lipinski definition) is 0. The molecule has 1 atom stereocenters. The Morgan fingerprint density at radius 3 is 3.00 bits per heavy atom. The minimum Gasteiger partial charge on any atom is -0.461 e. The predicted molar refractivity (Wildman–Crippen MR) is 64.4 cm³/mol. The number of likely N-dealkylation sites (N-methyl/N-ethyl adjacent to an activating group) is 1. The van der Waals surface area contributed by atoms with Crippen molar-refractivity contribution >= 4 is 6.08 Å². The third-order valence-electron chi connectivity index (χ3n) is 2.47. The number of hydrogen-bond acceptors (Lipinski definition) is 3. The molecular weight excluding hydrogens is 221 g/mol. The van der Waals surface area contributed by atoms with E-state index in [1.807, 2.05) is 25.1 Å². The van der Waals surface area contributed by atoms with Crippen LogP contribution in [0.2, 0.25) is 0 Å². The molecule has 0 bridgehead atoms. The maximum absolute atomic E-state index is 13.0. The van der Waals surface area contributed by atoms with Gasteiger partial charge < -0.3 is 14.4 Å². The Morgan fingerprint density at radius 2 is 2.24 bits per heavy atom. The molecular formula is C13H16FNO2. The third-order valence-corrected chi connectivity index (χ3v) is 2.47. The summed E-state index contributed by atoms with van der Waals surface area (Å²) in [6.45, 7) is 1.43. The van der Waals surface area contributed by atoms with Crippen molar-refractivity contribution in [2.24, 2.45) is 0 Å². The smallest absolute Gasteiger partial charge is 0.220 e. The molecule has 0 fully saturated rings. The molecule has 4 heteroatoms. The minimum absolute atomic E-state index is 0.260. The molecule has 1 aromatic rings. The summed E-state index contributed by atoms with van der Waals surface area (Å²) in [6, 6.07) is 4.45. The molecule has 1 aromatic carbocycles. The van der Waals surface area contributed by atoms with Crippen LogP contribution in [0.1, 0.15) is 5.56 Å². The Labute approximate surface area is 100 Å². The van der Waals surface area contributed by atoms with Gasteiger partial charge in [-0.1, -0.05) is 0 Å². The van der Waals surface area contributed by atoms with Crippen LogP contribution in [0.15, 0.2) is 24.3 Å². The van der Waals surface area contributed by atoms with Gasteiger partial charge in [-0.05, 0) is 44.4 Å². The van der Waals surface area contributed by atoms with Crippen molar-refractivity contribution in [3.05, 3.63) is 35.7 Å². The minimum atomic E-state index is -0.382. The van der Waals surface area contributed by atoms with E-state index in [4.69, 9.17) is 9.47 Å². The third kappa shape index (κ3) is 3.28. The quantitative estimate of drug-likeness (QED) is 0.800. The van der Waals surface area contributed by atoms with E-state index in [0.717, 1.165) is 12.1 Å². The van der Waals surface area contributed by atoms with E-state index in [1.165, 1.54) is 12.1 Å². The van der Waals surface area contributed by atoms with Gasteiger partial charge in [0.1, 0.15) is 11.6 Å². The van der Waals surface area contributed by atoms with Gasteiger partial charge in [0.05, 0.1) is 6.61 Å². The van der Waals surface area contributed by atoms with E-state index in [-0.39, 0.29) is 12.1 Å². The van der Waals surface area contributed by atoms with Crippen molar-refractivity contribution in [3.8, 4) is 5.75 Å². The van der Waals surface area contributed by atoms with Gasteiger partial charge in [0.2, 0.25) is 6.29 Å². The number of ether oxygens (including phenoxy) is 2. The Kier molecular flexibility index (Phi) is 3.76. The van der Waals surface area contributed by atoms with E-state index >= 15 is 0 Å². The summed E-state index contributed by atoms with van der Waals surface area (Å²) < 4.78 is 24.1. The van der Waals surface area contributed by atoms with Crippen molar-refractivity contribution in [1.29, 1.82) is 0 Å². The summed E-state index contributed by atoms with van der Waals surface area (Å²) >= 11 is 0. The van der Waals surface area contributed by atoms with Crippen molar-refractivity contribution in [2.75, 3.05) is 27.2 Å². The molecule has 0 aromatic heterocycles. The molecule has 1 unspecified atom stereocenters. The van der Waals surface area contributed by atoms with E-state index in [0.29, 0.717) is 12.4 Å². The molecule has 0 aliphatic carbocycles. The second-order valence-electron chi connectivity index (χ2n) is 4.20. The molecule has 0 N–H and O–H groups in total. The topological polar surface area (TPSA) is 21.7 Å². The van der Waals surface area contributed by atoms with Gasteiger partial charge in [0, 0.05) is 12.1 Å². The summed E-state index contributed by atoms with van der Waals surface area (Å²) in [7, 11) is 3.97. The van der Waals surface area contributed by atoms with Gasteiger partial charge in [-0.2, -0.15) is 0 Å². The molecule has 3 nitrogen and oxygen atoms in total. The highest BCUT2D eigenvalue weighted by molar-refractivity contribution is 5.59. The van der Waals surface area contributed by atoms with Crippen molar-refractivity contribution in [1.82, 2.24) is 4.90 Å². The summed E-state index contributed by atoms with van der Waals surface area (Å²) in [5.41, 5.74) is 0.748. The summed E-state index contributed by atoms with van der Waals surface area (Å²) in [5, 5.41) is 0. The van der Waals surface area contributed by atoms with Crippen LogP contribution in [0.4, 0.5) is 4.39 Å². The van der Waals surface area contributed by atoms with Crippen molar-refractivity contribution < 1.29 is 13.9 Å². The monoisotopic (exact) mass is 237 g/mol. The zero-order valence-corrected chi connectivity index (χ0v) is 10.0. The average Bonchev–Trinajstić information content (AvgIpc) is 2.29. The zero-order chi connectivity index (χ0) is 12.3. The molecule has 1 heterocycles. The maximum atomic E-state index is 13.0. The Morgan fingerprint density at radius 1 is 1.41 bits per heavy atom. The van der Waals surface area contributed by atoms with E-state index in [9.17, 15) is 4.39 Å². The highest BCUT2D eigenvalue weighted by atomic mass is 19.1.